The van der Waals surface area contributed by atoms with Crippen molar-refractivity contribution < 1.29 is 9.50 Å². The molecule has 2 atom stereocenters. The second-order valence-electron chi connectivity index (χ2n) is 7.80. The first-order chi connectivity index (χ1) is 12.0. The molecule has 2 fully saturated rings. The van der Waals surface area contributed by atoms with Gasteiger partial charge < -0.3 is 5.11 Å². The van der Waals surface area contributed by atoms with Crippen LogP contribution in [0.15, 0.2) is 48.5 Å². The fourth-order valence-corrected chi connectivity index (χ4v) is 4.69. The molecule has 0 radical (unpaired) electrons. The standard InChI is InChI=1S/C22H26FNO/c1-16-10-11-18(12-21(16)23)22(25)13-19-8-5-9-20(14-22)24(19)15-17-6-3-2-4-7-17/h2-4,6-7,10-12,19-20,25H,5,8-9,13-15H2,1H3. The van der Waals surface area contributed by atoms with Gasteiger partial charge in [0.2, 0.25) is 0 Å². The van der Waals surface area contributed by atoms with Crippen molar-refractivity contribution >= 4 is 0 Å². The molecule has 0 spiro atoms. The Morgan fingerprint density at radius 3 is 2.40 bits per heavy atom. The molecular formula is C22H26FNO. The van der Waals surface area contributed by atoms with Gasteiger partial charge in [-0.05, 0) is 55.4 Å². The Morgan fingerprint density at radius 2 is 1.76 bits per heavy atom. The smallest absolute Gasteiger partial charge is 0.126 e. The van der Waals surface area contributed by atoms with Gasteiger partial charge in [0.15, 0.2) is 0 Å². The van der Waals surface area contributed by atoms with Crippen LogP contribution in [0, 0.1) is 12.7 Å². The largest absolute Gasteiger partial charge is 0.385 e. The third kappa shape index (κ3) is 3.23. The van der Waals surface area contributed by atoms with Crippen molar-refractivity contribution in [1.29, 1.82) is 0 Å². The van der Waals surface area contributed by atoms with Gasteiger partial charge in [-0.3, -0.25) is 4.90 Å². The minimum atomic E-state index is -0.905. The minimum Gasteiger partial charge on any atom is -0.385 e. The van der Waals surface area contributed by atoms with Crippen LogP contribution in [0.3, 0.4) is 0 Å². The van der Waals surface area contributed by atoms with E-state index < -0.39 is 5.60 Å². The van der Waals surface area contributed by atoms with Crippen LogP contribution in [0.1, 0.15) is 48.8 Å². The summed E-state index contributed by atoms with van der Waals surface area (Å²) in [4.78, 5) is 2.57. The van der Waals surface area contributed by atoms with E-state index in [1.54, 1.807) is 13.0 Å². The number of nitrogens with zero attached hydrogens (tertiary/aromatic N) is 1. The fraction of sp³-hybridized carbons (Fsp3) is 0.455. The van der Waals surface area contributed by atoms with Crippen LogP contribution < -0.4 is 0 Å². The average Bonchev–Trinajstić information content (AvgIpc) is 2.59. The molecule has 1 N–H and O–H groups in total. The maximum atomic E-state index is 14.0. The van der Waals surface area contributed by atoms with Gasteiger partial charge in [0, 0.05) is 18.6 Å². The van der Waals surface area contributed by atoms with Gasteiger partial charge in [-0.1, -0.05) is 48.9 Å². The van der Waals surface area contributed by atoms with Crippen molar-refractivity contribution in [3.8, 4) is 0 Å². The lowest BCUT2D eigenvalue weighted by Crippen LogP contribution is -2.56. The van der Waals surface area contributed by atoms with Crippen molar-refractivity contribution in [2.24, 2.45) is 0 Å². The van der Waals surface area contributed by atoms with Crippen LogP contribution in [-0.2, 0) is 12.1 Å². The fourth-order valence-electron chi connectivity index (χ4n) is 4.69. The summed E-state index contributed by atoms with van der Waals surface area (Å²) in [5.74, 6) is -0.220. The number of aliphatic hydroxyl groups is 1. The Balaban J connectivity index is 1.59. The highest BCUT2D eigenvalue weighted by atomic mass is 19.1. The number of hydrogen-bond acceptors (Lipinski definition) is 2. The van der Waals surface area contributed by atoms with Gasteiger partial charge in [0.05, 0.1) is 5.60 Å². The van der Waals surface area contributed by atoms with Gasteiger partial charge >= 0.3 is 0 Å². The molecule has 2 unspecified atom stereocenters. The van der Waals surface area contributed by atoms with Gasteiger partial charge in [-0.25, -0.2) is 4.39 Å². The number of fused-ring (bicyclic) bond motifs is 2. The highest BCUT2D eigenvalue weighted by Crippen LogP contribution is 2.45. The van der Waals surface area contributed by atoms with Crippen LogP contribution in [0.25, 0.3) is 0 Å². The van der Waals surface area contributed by atoms with E-state index in [1.165, 1.54) is 18.1 Å². The molecule has 2 nitrogen and oxygen atoms in total. The third-order valence-corrected chi connectivity index (χ3v) is 6.08. The Labute approximate surface area is 149 Å². The van der Waals surface area contributed by atoms with Gasteiger partial charge in [0.25, 0.3) is 0 Å². The summed E-state index contributed by atoms with van der Waals surface area (Å²) in [7, 11) is 0. The summed E-state index contributed by atoms with van der Waals surface area (Å²) in [6, 6.07) is 16.5. The van der Waals surface area contributed by atoms with E-state index >= 15 is 0 Å². The SMILES string of the molecule is Cc1ccc(C2(O)CC3CCCC(C2)N3Cc2ccccc2)cc1F. The summed E-state index contributed by atoms with van der Waals surface area (Å²) < 4.78 is 14.0. The maximum Gasteiger partial charge on any atom is 0.126 e. The molecule has 4 rings (SSSR count). The molecule has 0 aromatic heterocycles. The molecular weight excluding hydrogens is 313 g/mol. The number of piperidine rings is 2. The molecule has 2 aromatic carbocycles. The summed E-state index contributed by atoms with van der Waals surface area (Å²) in [6.07, 6.45) is 4.83. The van der Waals surface area contributed by atoms with Crippen LogP contribution >= 0.6 is 0 Å². The molecule has 2 aliphatic heterocycles. The molecule has 2 aliphatic rings. The zero-order valence-corrected chi connectivity index (χ0v) is 14.8. The number of aryl methyl sites for hydroxylation is 1. The normalized spacial score (nSPS) is 29.6. The topological polar surface area (TPSA) is 23.5 Å². The van der Waals surface area contributed by atoms with E-state index in [1.807, 2.05) is 12.1 Å². The van der Waals surface area contributed by atoms with E-state index in [4.69, 9.17) is 0 Å². The van der Waals surface area contributed by atoms with Crippen LogP contribution in [-0.4, -0.2) is 22.1 Å². The maximum absolute atomic E-state index is 14.0. The first-order valence-electron chi connectivity index (χ1n) is 9.34. The molecule has 2 aromatic rings. The number of halogens is 1. The first kappa shape index (κ1) is 16.7. The Morgan fingerprint density at radius 1 is 1.08 bits per heavy atom. The Hall–Kier alpha value is -1.71. The van der Waals surface area contributed by atoms with Gasteiger partial charge in [0.1, 0.15) is 5.82 Å². The molecule has 0 aliphatic carbocycles. The molecule has 2 saturated heterocycles. The molecule has 2 heterocycles. The lowest BCUT2D eigenvalue weighted by Gasteiger charge is -2.52. The minimum absolute atomic E-state index is 0.220. The molecule has 3 heteroatoms. The number of hydrogen-bond donors (Lipinski definition) is 1. The van der Waals surface area contributed by atoms with E-state index in [0.717, 1.165) is 24.9 Å². The third-order valence-electron chi connectivity index (χ3n) is 6.08. The van der Waals surface area contributed by atoms with Gasteiger partial charge in [-0.15, -0.1) is 0 Å². The number of benzene rings is 2. The average molecular weight is 339 g/mol. The summed E-state index contributed by atoms with van der Waals surface area (Å²) in [5, 5.41) is 11.4. The van der Waals surface area contributed by atoms with Crippen LogP contribution in [0.4, 0.5) is 4.39 Å². The zero-order valence-electron chi connectivity index (χ0n) is 14.8. The van der Waals surface area contributed by atoms with Crippen LogP contribution in [0.5, 0.6) is 0 Å². The summed E-state index contributed by atoms with van der Waals surface area (Å²) in [6.45, 7) is 2.70. The molecule has 2 bridgehead atoms. The molecule has 132 valence electrons. The van der Waals surface area contributed by atoms with Crippen molar-refractivity contribution in [1.82, 2.24) is 4.90 Å². The Bertz CT molecular complexity index is 731. The van der Waals surface area contributed by atoms with E-state index in [9.17, 15) is 9.50 Å². The second-order valence-corrected chi connectivity index (χ2v) is 7.80. The summed E-state index contributed by atoms with van der Waals surface area (Å²) in [5.41, 5.74) is 1.80. The van der Waals surface area contributed by atoms with Crippen molar-refractivity contribution in [3.05, 3.63) is 71.0 Å². The zero-order chi connectivity index (χ0) is 17.4. The molecule has 0 saturated carbocycles. The van der Waals surface area contributed by atoms with Gasteiger partial charge in [-0.2, -0.15) is 0 Å². The van der Waals surface area contributed by atoms with E-state index in [0.29, 0.717) is 30.5 Å². The summed E-state index contributed by atoms with van der Waals surface area (Å²) >= 11 is 0. The molecule has 25 heavy (non-hydrogen) atoms. The molecule has 0 amide bonds. The van der Waals surface area contributed by atoms with Crippen molar-refractivity contribution in [3.63, 3.8) is 0 Å². The Kier molecular flexibility index (Phi) is 4.38. The highest BCUT2D eigenvalue weighted by Gasteiger charge is 2.46. The predicted molar refractivity (Wildman–Crippen MR) is 97.7 cm³/mol. The first-order valence-corrected chi connectivity index (χ1v) is 9.34. The monoisotopic (exact) mass is 339 g/mol. The van der Waals surface area contributed by atoms with Crippen LogP contribution in [0.2, 0.25) is 0 Å². The predicted octanol–water partition coefficient (Wildman–Crippen LogP) is 4.54. The van der Waals surface area contributed by atoms with E-state index in [2.05, 4.69) is 29.2 Å². The van der Waals surface area contributed by atoms with Crippen molar-refractivity contribution in [2.75, 3.05) is 0 Å². The number of rotatable bonds is 3. The quantitative estimate of drug-likeness (QED) is 0.887. The van der Waals surface area contributed by atoms with E-state index in [-0.39, 0.29) is 5.82 Å². The lowest BCUT2D eigenvalue weighted by molar-refractivity contribution is -0.100. The lowest BCUT2D eigenvalue weighted by atomic mass is 9.72. The highest BCUT2D eigenvalue weighted by molar-refractivity contribution is 5.29. The van der Waals surface area contributed by atoms with Crippen molar-refractivity contribution in [2.45, 2.75) is 63.3 Å². The second kappa shape index (κ2) is 6.54.